The average molecular weight is 364 g/mol. The van der Waals surface area contributed by atoms with Gasteiger partial charge in [-0.2, -0.15) is 0 Å². The molecule has 2 aromatic heterocycles. The maximum Gasteiger partial charge on any atom is 0.219 e. The zero-order valence-corrected chi connectivity index (χ0v) is 15.2. The zero-order chi connectivity index (χ0) is 19.0. The highest BCUT2D eigenvalue weighted by Crippen LogP contribution is 2.32. The molecule has 10 heteroatoms. The fourth-order valence-corrected chi connectivity index (χ4v) is 2.92. The number of likely N-dealkylation sites (N-methyl/N-ethyl adjacent to an activating group) is 1. The Labute approximate surface area is 150 Å². The lowest BCUT2D eigenvalue weighted by molar-refractivity contribution is -0.127. The highest BCUT2D eigenvalue weighted by Gasteiger charge is 2.42. The molecular formula is C16H24N6O4. The number of rotatable bonds is 5. The van der Waals surface area contributed by atoms with Crippen molar-refractivity contribution in [3.05, 3.63) is 12.2 Å². The van der Waals surface area contributed by atoms with Gasteiger partial charge in [-0.05, 0) is 6.92 Å². The Morgan fingerprint density at radius 1 is 1.38 bits per heavy atom. The van der Waals surface area contributed by atoms with E-state index in [1.54, 1.807) is 30.5 Å². The first-order valence-electron chi connectivity index (χ1n) is 8.48. The highest BCUT2D eigenvalue weighted by molar-refractivity contribution is 5.83. The number of aliphatic hydroxyl groups excluding tert-OH is 2. The highest BCUT2D eigenvalue weighted by atomic mass is 16.6. The molecule has 1 aliphatic rings. The van der Waals surface area contributed by atoms with Crippen molar-refractivity contribution in [1.82, 2.24) is 24.4 Å². The second-order valence-corrected chi connectivity index (χ2v) is 6.47. The van der Waals surface area contributed by atoms with Gasteiger partial charge in [-0.15, -0.1) is 0 Å². The smallest absolute Gasteiger partial charge is 0.219 e. The van der Waals surface area contributed by atoms with E-state index >= 15 is 0 Å². The van der Waals surface area contributed by atoms with E-state index in [4.69, 9.17) is 4.74 Å². The molecule has 0 spiro atoms. The van der Waals surface area contributed by atoms with Gasteiger partial charge < -0.3 is 25.2 Å². The molecule has 1 amide bonds. The number of ether oxygens (including phenoxy) is 1. The van der Waals surface area contributed by atoms with E-state index in [9.17, 15) is 15.0 Å². The van der Waals surface area contributed by atoms with Crippen LogP contribution in [0.4, 0.5) is 5.82 Å². The Balaban J connectivity index is 1.96. The van der Waals surface area contributed by atoms with E-state index in [1.807, 2.05) is 0 Å². The number of fused-ring (bicyclic) bond motifs is 1. The molecule has 2 aromatic rings. The predicted molar refractivity (Wildman–Crippen MR) is 93.5 cm³/mol. The van der Waals surface area contributed by atoms with Gasteiger partial charge in [-0.25, -0.2) is 15.0 Å². The molecule has 26 heavy (non-hydrogen) atoms. The Morgan fingerprint density at radius 3 is 2.69 bits per heavy atom. The Morgan fingerprint density at radius 2 is 2.12 bits per heavy atom. The van der Waals surface area contributed by atoms with Gasteiger partial charge in [0, 0.05) is 34.0 Å². The van der Waals surface area contributed by atoms with Crippen LogP contribution in [0.5, 0.6) is 0 Å². The first kappa shape index (κ1) is 18.5. The molecule has 142 valence electrons. The van der Waals surface area contributed by atoms with Crippen molar-refractivity contribution in [3.8, 4) is 0 Å². The summed E-state index contributed by atoms with van der Waals surface area (Å²) in [4.78, 5) is 26.3. The van der Waals surface area contributed by atoms with E-state index in [2.05, 4.69) is 20.3 Å². The van der Waals surface area contributed by atoms with Crippen LogP contribution in [-0.2, 0) is 16.0 Å². The lowest BCUT2D eigenvalue weighted by Crippen LogP contribution is -2.30. The maximum atomic E-state index is 11.4. The molecule has 10 nitrogen and oxygen atoms in total. The number of hydrogen-bond acceptors (Lipinski definition) is 8. The van der Waals surface area contributed by atoms with Crippen LogP contribution in [0, 0.1) is 0 Å². The Kier molecular flexibility index (Phi) is 5.08. The third kappa shape index (κ3) is 3.22. The molecule has 0 saturated carbocycles. The van der Waals surface area contributed by atoms with Crippen molar-refractivity contribution in [1.29, 1.82) is 0 Å². The van der Waals surface area contributed by atoms with Crippen molar-refractivity contribution in [3.63, 3.8) is 0 Å². The molecule has 3 heterocycles. The molecule has 0 aromatic carbocycles. The topological polar surface area (TPSA) is 126 Å². The minimum Gasteiger partial charge on any atom is -0.388 e. The number of amides is 1. The van der Waals surface area contributed by atoms with Crippen molar-refractivity contribution >= 4 is 22.9 Å². The van der Waals surface area contributed by atoms with E-state index in [-0.39, 0.29) is 5.91 Å². The Hall–Kier alpha value is -2.30. The van der Waals surface area contributed by atoms with Gasteiger partial charge in [0.15, 0.2) is 23.2 Å². The summed E-state index contributed by atoms with van der Waals surface area (Å²) in [5, 5.41) is 23.2. The van der Waals surface area contributed by atoms with Crippen molar-refractivity contribution in [2.45, 2.75) is 44.8 Å². The molecule has 1 fully saturated rings. The molecular weight excluding hydrogens is 340 g/mol. The van der Waals surface area contributed by atoms with Gasteiger partial charge in [-0.1, -0.05) is 0 Å². The fourth-order valence-electron chi connectivity index (χ4n) is 2.92. The van der Waals surface area contributed by atoms with Gasteiger partial charge in [0.1, 0.15) is 18.0 Å². The number of anilines is 1. The molecule has 1 saturated heterocycles. The first-order chi connectivity index (χ1) is 12.3. The summed E-state index contributed by atoms with van der Waals surface area (Å²) in [6.07, 6.45) is -1.35. The zero-order valence-electron chi connectivity index (χ0n) is 15.2. The number of imidazole rings is 1. The number of carbonyl (C=O) groups excluding carboxylic acids is 1. The monoisotopic (exact) mass is 364 g/mol. The third-order valence-corrected chi connectivity index (χ3v) is 4.66. The van der Waals surface area contributed by atoms with E-state index < -0.39 is 24.5 Å². The number of aromatic nitrogens is 4. The van der Waals surface area contributed by atoms with Crippen molar-refractivity contribution in [2.24, 2.45) is 0 Å². The van der Waals surface area contributed by atoms with Crippen LogP contribution in [-0.4, -0.2) is 79.5 Å². The third-order valence-electron chi connectivity index (χ3n) is 4.66. The summed E-state index contributed by atoms with van der Waals surface area (Å²) in [6.45, 7) is 3.68. The number of nitrogens with one attached hydrogen (secondary N) is 1. The second-order valence-electron chi connectivity index (χ2n) is 6.47. The number of nitrogens with zero attached hydrogens (tertiary/aromatic N) is 5. The van der Waals surface area contributed by atoms with E-state index in [0.29, 0.717) is 35.8 Å². The predicted octanol–water partition coefficient (Wildman–Crippen LogP) is -0.472. The van der Waals surface area contributed by atoms with Crippen LogP contribution in [0.25, 0.3) is 11.2 Å². The number of hydrogen-bond donors (Lipinski definition) is 3. The van der Waals surface area contributed by atoms with Crippen molar-refractivity contribution < 1.29 is 19.7 Å². The molecule has 0 unspecified atom stereocenters. The molecule has 0 aliphatic carbocycles. The maximum absolute atomic E-state index is 11.4. The van der Waals surface area contributed by atoms with Gasteiger partial charge >= 0.3 is 0 Å². The van der Waals surface area contributed by atoms with Gasteiger partial charge in [0.25, 0.3) is 0 Å². The summed E-state index contributed by atoms with van der Waals surface area (Å²) in [5.74, 6) is 1.06. The molecule has 0 bridgehead atoms. The van der Waals surface area contributed by atoms with Crippen LogP contribution in [0.3, 0.4) is 0 Å². The van der Waals surface area contributed by atoms with Crippen LogP contribution in [0.15, 0.2) is 6.33 Å². The number of aliphatic hydroxyl groups is 2. The molecule has 1 aliphatic heterocycles. The summed E-state index contributed by atoms with van der Waals surface area (Å²) >= 11 is 0. The van der Waals surface area contributed by atoms with Crippen LogP contribution < -0.4 is 5.32 Å². The lowest BCUT2D eigenvalue weighted by atomic mass is 10.1. The summed E-state index contributed by atoms with van der Waals surface area (Å²) < 4.78 is 7.28. The van der Waals surface area contributed by atoms with E-state index in [1.165, 1.54) is 13.3 Å². The second kappa shape index (κ2) is 7.14. The fraction of sp³-hybridized carbons (Fsp3) is 0.625. The van der Waals surface area contributed by atoms with Gasteiger partial charge in [0.2, 0.25) is 5.91 Å². The average Bonchev–Trinajstić information content (AvgIpc) is 3.15. The summed E-state index contributed by atoms with van der Waals surface area (Å²) in [7, 11) is 3.45. The summed E-state index contributed by atoms with van der Waals surface area (Å²) in [5.41, 5.74) is 1.04. The van der Waals surface area contributed by atoms with Crippen LogP contribution in [0.2, 0.25) is 0 Å². The normalized spacial score (nSPS) is 25.6. The largest absolute Gasteiger partial charge is 0.388 e. The standard InChI is InChI=1S/C16H24N6O4/c1-8-12(24)13(25)16(26-8)22-7-18-11-14(17-3)19-10(20-15(11)22)5-6-21(4)9(2)23/h7-8,12-13,16,24-25H,5-6H2,1-4H3,(H,17,19,20)/t8-,12-,13-,16-/m1/s1. The minimum absolute atomic E-state index is 0.0320. The lowest BCUT2D eigenvalue weighted by Gasteiger charge is -2.17. The Bertz CT molecular complexity index is 809. The number of carbonyl (C=O) groups is 1. The minimum atomic E-state index is -1.08. The van der Waals surface area contributed by atoms with Crippen LogP contribution in [0.1, 0.15) is 25.9 Å². The van der Waals surface area contributed by atoms with E-state index in [0.717, 1.165) is 0 Å². The van der Waals surface area contributed by atoms with Crippen LogP contribution >= 0.6 is 0 Å². The molecule has 3 rings (SSSR count). The summed E-state index contributed by atoms with van der Waals surface area (Å²) in [6, 6.07) is 0. The SMILES string of the molecule is CNc1nc(CCN(C)C(C)=O)nc2c1ncn2[C@@H]1O[C@H](C)[C@@H](O)[C@H]1O. The molecule has 3 N–H and O–H groups in total. The molecule has 0 radical (unpaired) electrons. The quantitative estimate of drug-likeness (QED) is 0.650. The van der Waals surface area contributed by atoms with Crippen molar-refractivity contribution in [2.75, 3.05) is 26.0 Å². The van der Waals surface area contributed by atoms with Gasteiger partial charge in [-0.3, -0.25) is 9.36 Å². The van der Waals surface area contributed by atoms with Gasteiger partial charge in [0.05, 0.1) is 12.4 Å². The first-order valence-corrected chi connectivity index (χ1v) is 8.48. The molecule has 4 atom stereocenters.